The van der Waals surface area contributed by atoms with E-state index in [2.05, 4.69) is 15.3 Å². The first-order valence-electron chi connectivity index (χ1n) is 9.68. The molecular weight excluding hydrogens is 412 g/mol. The standard InChI is InChI=1S/C23H18N4O5/c1-14-10-11-15(27(30)31)12-20(14)24-21(28)13-32-23(29)17-7-3-2-6-16(17)22-25-18-8-4-5-9-19(18)26-22/h2-12H,13H2,1H3,(H,24,28)(H,25,26). The maximum Gasteiger partial charge on any atom is 0.339 e. The smallest absolute Gasteiger partial charge is 0.339 e. The van der Waals surface area contributed by atoms with Crippen LogP contribution in [0.5, 0.6) is 0 Å². The normalized spacial score (nSPS) is 10.7. The summed E-state index contributed by atoms with van der Waals surface area (Å²) in [6, 6.07) is 18.4. The number of esters is 1. The SMILES string of the molecule is Cc1ccc([N+](=O)[O-])cc1NC(=O)COC(=O)c1ccccc1-c1nc2ccccc2[nH]1. The van der Waals surface area contributed by atoms with Crippen molar-refractivity contribution in [3.05, 3.63) is 88.0 Å². The van der Waals surface area contributed by atoms with Crippen molar-refractivity contribution in [1.82, 2.24) is 9.97 Å². The topological polar surface area (TPSA) is 127 Å². The highest BCUT2D eigenvalue weighted by atomic mass is 16.6. The number of rotatable bonds is 6. The lowest BCUT2D eigenvalue weighted by Gasteiger charge is -2.10. The highest BCUT2D eigenvalue weighted by Gasteiger charge is 2.18. The molecule has 0 aliphatic heterocycles. The maximum absolute atomic E-state index is 12.7. The number of imidazole rings is 1. The molecule has 0 bridgehead atoms. The maximum atomic E-state index is 12.7. The van der Waals surface area contributed by atoms with Gasteiger partial charge in [0.2, 0.25) is 0 Å². The number of ether oxygens (including phenoxy) is 1. The number of para-hydroxylation sites is 2. The fourth-order valence-corrected chi connectivity index (χ4v) is 3.20. The Morgan fingerprint density at radius 1 is 1.09 bits per heavy atom. The van der Waals surface area contributed by atoms with Crippen molar-refractivity contribution < 1.29 is 19.2 Å². The van der Waals surface area contributed by atoms with Gasteiger partial charge in [-0.3, -0.25) is 14.9 Å². The van der Waals surface area contributed by atoms with E-state index >= 15 is 0 Å². The lowest BCUT2D eigenvalue weighted by atomic mass is 10.1. The molecule has 9 heteroatoms. The van der Waals surface area contributed by atoms with Gasteiger partial charge in [-0.2, -0.15) is 0 Å². The number of anilines is 1. The van der Waals surface area contributed by atoms with E-state index in [0.717, 1.165) is 11.0 Å². The molecular formula is C23H18N4O5. The van der Waals surface area contributed by atoms with Crippen molar-refractivity contribution in [2.75, 3.05) is 11.9 Å². The van der Waals surface area contributed by atoms with E-state index in [1.54, 1.807) is 31.2 Å². The van der Waals surface area contributed by atoms with Gasteiger partial charge in [-0.05, 0) is 30.7 Å². The summed E-state index contributed by atoms with van der Waals surface area (Å²) >= 11 is 0. The molecule has 0 aliphatic rings. The number of H-pyrrole nitrogens is 1. The zero-order valence-electron chi connectivity index (χ0n) is 17.0. The number of benzene rings is 3. The van der Waals surface area contributed by atoms with Crippen LogP contribution in [0.4, 0.5) is 11.4 Å². The molecule has 3 aromatic carbocycles. The minimum Gasteiger partial charge on any atom is -0.452 e. The summed E-state index contributed by atoms with van der Waals surface area (Å²) in [6.45, 7) is 1.16. The van der Waals surface area contributed by atoms with E-state index in [1.807, 2.05) is 24.3 Å². The molecule has 4 aromatic rings. The molecule has 9 nitrogen and oxygen atoms in total. The summed E-state index contributed by atoms with van der Waals surface area (Å²) in [4.78, 5) is 43.0. The molecule has 4 rings (SSSR count). The summed E-state index contributed by atoms with van der Waals surface area (Å²) in [5.74, 6) is -0.787. The average Bonchev–Trinajstić information content (AvgIpc) is 3.23. The molecule has 0 fully saturated rings. The molecule has 1 heterocycles. The van der Waals surface area contributed by atoms with Crippen molar-refractivity contribution in [2.45, 2.75) is 6.92 Å². The van der Waals surface area contributed by atoms with Crippen molar-refractivity contribution in [1.29, 1.82) is 0 Å². The summed E-state index contributed by atoms with van der Waals surface area (Å²) in [5, 5.41) is 13.5. The summed E-state index contributed by atoms with van der Waals surface area (Å²) in [5.41, 5.74) is 3.17. The molecule has 0 saturated carbocycles. The molecule has 0 unspecified atom stereocenters. The summed E-state index contributed by atoms with van der Waals surface area (Å²) in [7, 11) is 0. The fraction of sp³-hybridized carbons (Fsp3) is 0.0870. The van der Waals surface area contributed by atoms with Crippen molar-refractivity contribution in [3.8, 4) is 11.4 Å². The Hall–Kier alpha value is -4.53. The molecule has 0 aliphatic carbocycles. The lowest BCUT2D eigenvalue weighted by molar-refractivity contribution is -0.384. The van der Waals surface area contributed by atoms with Crippen LogP contribution in [0.25, 0.3) is 22.4 Å². The van der Waals surface area contributed by atoms with E-state index in [-0.39, 0.29) is 16.9 Å². The molecule has 0 saturated heterocycles. The number of amides is 1. The molecule has 1 amide bonds. The van der Waals surface area contributed by atoms with Crippen LogP contribution in [-0.4, -0.2) is 33.4 Å². The third-order valence-electron chi connectivity index (χ3n) is 4.83. The highest BCUT2D eigenvalue weighted by molar-refractivity contribution is 5.99. The van der Waals surface area contributed by atoms with Crippen molar-refractivity contribution >= 4 is 34.3 Å². The van der Waals surface area contributed by atoms with Crippen LogP contribution in [0.3, 0.4) is 0 Å². The molecule has 32 heavy (non-hydrogen) atoms. The van der Waals surface area contributed by atoms with Crippen LogP contribution in [0, 0.1) is 17.0 Å². The quantitative estimate of drug-likeness (QED) is 0.268. The fourth-order valence-electron chi connectivity index (χ4n) is 3.20. The van der Waals surface area contributed by atoms with Crippen LogP contribution in [0.1, 0.15) is 15.9 Å². The predicted octanol–water partition coefficient (Wildman–Crippen LogP) is 4.24. The first kappa shape index (κ1) is 20.7. The van der Waals surface area contributed by atoms with Crippen molar-refractivity contribution in [2.24, 2.45) is 0 Å². The third-order valence-corrected chi connectivity index (χ3v) is 4.83. The number of hydrogen-bond acceptors (Lipinski definition) is 6. The molecule has 2 N–H and O–H groups in total. The molecule has 0 spiro atoms. The van der Waals surface area contributed by atoms with Gasteiger partial charge in [0.15, 0.2) is 6.61 Å². The van der Waals surface area contributed by atoms with Gasteiger partial charge in [0, 0.05) is 17.7 Å². The largest absolute Gasteiger partial charge is 0.452 e. The lowest BCUT2D eigenvalue weighted by Crippen LogP contribution is -2.21. The number of carbonyl (C=O) groups is 2. The second-order valence-electron chi connectivity index (χ2n) is 7.03. The minimum absolute atomic E-state index is 0.150. The van der Waals surface area contributed by atoms with Crippen LogP contribution >= 0.6 is 0 Å². The van der Waals surface area contributed by atoms with Crippen LogP contribution in [0.15, 0.2) is 66.7 Å². The van der Waals surface area contributed by atoms with Gasteiger partial charge in [0.1, 0.15) is 5.82 Å². The Balaban J connectivity index is 1.48. The molecule has 160 valence electrons. The van der Waals surface area contributed by atoms with E-state index in [1.165, 1.54) is 18.2 Å². The van der Waals surface area contributed by atoms with Gasteiger partial charge in [-0.25, -0.2) is 9.78 Å². The number of nitrogens with zero attached hydrogens (tertiary/aromatic N) is 2. The van der Waals surface area contributed by atoms with E-state index < -0.39 is 23.4 Å². The number of hydrogen-bond donors (Lipinski definition) is 2. The number of aromatic nitrogens is 2. The Bertz CT molecular complexity index is 1310. The number of nitro groups is 1. The zero-order valence-corrected chi connectivity index (χ0v) is 17.0. The first-order valence-corrected chi connectivity index (χ1v) is 9.68. The second kappa shape index (κ2) is 8.68. The van der Waals surface area contributed by atoms with Crippen LogP contribution in [0.2, 0.25) is 0 Å². The van der Waals surface area contributed by atoms with E-state index in [9.17, 15) is 19.7 Å². The highest BCUT2D eigenvalue weighted by Crippen LogP contribution is 2.25. The Morgan fingerprint density at radius 3 is 2.62 bits per heavy atom. The average molecular weight is 430 g/mol. The first-order chi connectivity index (χ1) is 15.4. The number of non-ortho nitro benzene ring substituents is 1. The summed E-state index contributed by atoms with van der Waals surface area (Å²) < 4.78 is 5.19. The number of nitrogens with one attached hydrogen (secondary N) is 2. The van der Waals surface area contributed by atoms with Gasteiger partial charge in [0.25, 0.3) is 11.6 Å². The van der Waals surface area contributed by atoms with Crippen LogP contribution in [-0.2, 0) is 9.53 Å². The predicted molar refractivity (Wildman–Crippen MR) is 118 cm³/mol. The Kier molecular flexibility index (Phi) is 5.63. The minimum atomic E-state index is -0.688. The number of carbonyl (C=O) groups excluding carboxylic acids is 2. The number of fused-ring (bicyclic) bond motifs is 1. The molecule has 0 atom stereocenters. The van der Waals surface area contributed by atoms with Gasteiger partial charge < -0.3 is 15.0 Å². The Labute approximate surface area is 182 Å². The van der Waals surface area contributed by atoms with E-state index in [4.69, 9.17) is 4.74 Å². The number of aromatic amines is 1. The van der Waals surface area contributed by atoms with E-state index in [0.29, 0.717) is 17.0 Å². The van der Waals surface area contributed by atoms with Gasteiger partial charge in [-0.15, -0.1) is 0 Å². The van der Waals surface area contributed by atoms with Crippen LogP contribution < -0.4 is 5.32 Å². The number of aryl methyl sites for hydroxylation is 1. The van der Waals surface area contributed by atoms with Gasteiger partial charge >= 0.3 is 5.97 Å². The van der Waals surface area contributed by atoms with Crippen molar-refractivity contribution in [3.63, 3.8) is 0 Å². The Morgan fingerprint density at radius 2 is 1.84 bits per heavy atom. The van der Waals surface area contributed by atoms with Gasteiger partial charge in [-0.1, -0.05) is 36.4 Å². The third kappa shape index (κ3) is 4.31. The monoisotopic (exact) mass is 430 g/mol. The van der Waals surface area contributed by atoms with Gasteiger partial charge in [0.05, 0.1) is 27.2 Å². The summed E-state index contributed by atoms with van der Waals surface area (Å²) in [6.07, 6.45) is 0. The molecule has 0 radical (unpaired) electrons. The number of nitro benzene ring substituents is 1. The molecule has 1 aromatic heterocycles. The second-order valence-corrected chi connectivity index (χ2v) is 7.03. The zero-order chi connectivity index (χ0) is 22.7.